The van der Waals surface area contributed by atoms with Gasteiger partial charge in [0.05, 0.1) is 40.4 Å². The van der Waals surface area contributed by atoms with Crippen LogP contribution in [0.4, 0.5) is 28.8 Å². The first-order chi connectivity index (χ1) is 21.3. The number of para-hydroxylation sites is 1. The Balaban J connectivity index is 1.14. The number of piperazine rings is 1. The van der Waals surface area contributed by atoms with Crippen LogP contribution < -0.4 is 30.3 Å². The molecule has 232 valence electrons. The van der Waals surface area contributed by atoms with Gasteiger partial charge in [0.15, 0.2) is 5.82 Å². The van der Waals surface area contributed by atoms with Gasteiger partial charge in [-0.1, -0.05) is 12.1 Å². The second-order valence-electron chi connectivity index (χ2n) is 12.3. The third kappa shape index (κ3) is 5.74. The lowest BCUT2D eigenvalue weighted by molar-refractivity contribution is 0.0822. The van der Waals surface area contributed by atoms with Gasteiger partial charge in [0, 0.05) is 56.2 Å². The zero-order chi connectivity index (χ0) is 30.4. The summed E-state index contributed by atoms with van der Waals surface area (Å²) in [6.45, 7) is 9.82. The van der Waals surface area contributed by atoms with Gasteiger partial charge < -0.3 is 34.5 Å². The van der Waals surface area contributed by atoms with Crippen LogP contribution in [0.15, 0.2) is 47.8 Å². The molecule has 2 fully saturated rings. The summed E-state index contributed by atoms with van der Waals surface area (Å²) in [5, 5.41) is 9.65. The molecule has 44 heavy (non-hydrogen) atoms. The molecule has 0 spiro atoms. The smallest absolute Gasteiger partial charge is 0.229 e. The molecule has 3 aliphatic heterocycles. The summed E-state index contributed by atoms with van der Waals surface area (Å²) in [7, 11) is 1.39. The molecule has 0 bridgehead atoms. The van der Waals surface area contributed by atoms with E-state index in [-0.39, 0.29) is 0 Å². The molecule has 0 amide bonds. The maximum absolute atomic E-state index is 13.0. The maximum Gasteiger partial charge on any atom is 0.229 e. The highest BCUT2D eigenvalue weighted by molar-refractivity contribution is 7.70. The Bertz CT molecular complexity index is 1720. The molecule has 0 saturated carbocycles. The first kappa shape index (κ1) is 29.3. The van der Waals surface area contributed by atoms with E-state index in [1.54, 1.807) is 31.8 Å². The molecule has 2 N–H and O–H groups in total. The van der Waals surface area contributed by atoms with Crippen LogP contribution in [0.5, 0.6) is 11.5 Å². The molecule has 10 nitrogen and oxygen atoms in total. The summed E-state index contributed by atoms with van der Waals surface area (Å²) in [6.07, 6.45) is 2.27. The van der Waals surface area contributed by atoms with Crippen molar-refractivity contribution in [2.45, 2.75) is 24.9 Å². The van der Waals surface area contributed by atoms with Crippen molar-refractivity contribution in [3.8, 4) is 11.5 Å². The van der Waals surface area contributed by atoms with Crippen molar-refractivity contribution in [1.29, 1.82) is 0 Å². The van der Waals surface area contributed by atoms with E-state index >= 15 is 0 Å². The predicted molar refractivity (Wildman–Crippen MR) is 181 cm³/mol. The van der Waals surface area contributed by atoms with Crippen LogP contribution in [0.2, 0.25) is 0 Å². The number of methoxy groups -OCH3 is 1. The zero-order valence-electron chi connectivity index (χ0n) is 25.7. The lowest BCUT2D eigenvalue weighted by atomic mass is 9.93. The number of anilines is 5. The molecule has 0 unspecified atom stereocenters. The number of hydrogen-bond acceptors (Lipinski definition) is 11. The fourth-order valence-electron chi connectivity index (χ4n) is 6.67. The molecular formula is C32H40N7O3PS. The van der Waals surface area contributed by atoms with Crippen LogP contribution in [0, 0.1) is 0 Å². The zero-order valence-corrected chi connectivity index (χ0v) is 27.5. The van der Waals surface area contributed by atoms with Crippen molar-refractivity contribution in [3.05, 3.63) is 47.8 Å². The number of aromatic nitrogens is 2. The third-order valence-electron chi connectivity index (χ3n) is 9.05. The first-order valence-electron chi connectivity index (χ1n) is 15.2. The number of piperidine rings is 1. The topological polar surface area (TPSA) is 95.1 Å². The molecule has 3 aliphatic rings. The minimum atomic E-state index is -2.51. The van der Waals surface area contributed by atoms with Crippen molar-refractivity contribution < 1.29 is 14.0 Å². The molecule has 0 radical (unpaired) electrons. The van der Waals surface area contributed by atoms with Crippen LogP contribution >= 0.6 is 18.5 Å². The molecule has 4 aromatic rings. The number of nitrogens with one attached hydrogen (secondary N) is 2. The number of nitrogens with zero attached hydrogens (tertiary/aromatic N) is 5. The van der Waals surface area contributed by atoms with E-state index in [4.69, 9.17) is 19.4 Å². The largest absolute Gasteiger partial charge is 0.494 e. The van der Waals surface area contributed by atoms with Gasteiger partial charge in [-0.15, -0.1) is 11.3 Å². The van der Waals surface area contributed by atoms with Crippen LogP contribution in [0.1, 0.15) is 12.8 Å². The molecule has 2 aromatic heterocycles. The number of hydrogen-bond donors (Lipinski definition) is 2. The molecule has 2 saturated heterocycles. The number of benzene rings is 2. The second-order valence-corrected chi connectivity index (χ2v) is 16.4. The van der Waals surface area contributed by atoms with E-state index in [0.29, 0.717) is 36.2 Å². The lowest BCUT2D eigenvalue weighted by Gasteiger charge is -2.48. The van der Waals surface area contributed by atoms with Crippen molar-refractivity contribution in [2.75, 3.05) is 82.4 Å². The standard InChI is InChI=1S/C32H40N7O3PS/c1-37-12-14-38(15-13-37)21-9-11-39-22(17-21)20-42-28-18-25(27(41-2)19-26(28)39)35-32-34-24-10-16-44-30(24)31(36-32)33-23-7-5-6-8-29(23)43(3,4)40/h5-8,10,16,18-19,21-22H,9,11-15,17,20H2,1-4H3,(H2,33,34,35,36)/t21-,22+/m1/s1. The van der Waals surface area contributed by atoms with Gasteiger partial charge in [0.25, 0.3) is 0 Å². The fourth-order valence-corrected chi connectivity index (χ4v) is 8.60. The van der Waals surface area contributed by atoms with Gasteiger partial charge in [-0.25, -0.2) is 4.98 Å². The van der Waals surface area contributed by atoms with Crippen molar-refractivity contribution in [2.24, 2.45) is 0 Å². The quantitative estimate of drug-likeness (QED) is 0.257. The summed E-state index contributed by atoms with van der Waals surface area (Å²) in [6, 6.07) is 14.7. The van der Waals surface area contributed by atoms with Crippen molar-refractivity contribution >= 4 is 62.8 Å². The summed E-state index contributed by atoms with van der Waals surface area (Å²) >= 11 is 1.57. The number of fused-ring (bicyclic) bond motifs is 4. The van der Waals surface area contributed by atoms with Gasteiger partial charge >= 0.3 is 0 Å². The normalized spacial score (nSPS) is 21.0. The fraction of sp³-hybridized carbons (Fsp3) is 0.438. The van der Waals surface area contributed by atoms with E-state index < -0.39 is 7.14 Å². The minimum absolute atomic E-state index is 0.354. The van der Waals surface area contributed by atoms with E-state index in [0.717, 1.165) is 83.9 Å². The van der Waals surface area contributed by atoms with E-state index in [1.165, 1.54) is 0 Å². The summed E-state index contributed by atoms with van der Waals surface area (Å²) in [5.74, 6) is 2.65. The average Bonchev–Trinajstić information content (AvgIpc) is 3.50. The third-order valence-corrected chi connectivity index (χ3v) is 11.5. The maximum atomic E-state index is 13.0. The van der Waals surface area contributed by atoms with Gasteiger partial charge in [0.2, 0.25) is 5.95 Å². The number of thiophene rings is 1. The summed E-state index contributed by atoms with van der Waals surface area (Å²) in [4.78, 5) is 17.3. The van der Waals surface area contributed by atoms with Gasteiger partial charge in [-0.2, -0.15) is 4.98 Å². The highest BCUT2D eigenvalue weighted by Crippen LogP contribution is 2.45. The summed E-state index contributed by atoms with van der Waals surface area (Å²) < 4.78 is 26.2. The number of likely N-dealkylation sites (N-methyl/N-ethyl adjacent to an activating group) is 1. The van der Waals surface area contributed by atoms with Crippen molar-refractivity contribution in [3.63, 3.8) is 0 Å². The van der Waals surface area contributed by atoms with Crippen molar-refractivity contribution in [1.82, 2.24) is 19.8 Å². The monoisotopic (exact) mass is 633 g/mol. The van der Waals surface area contributed by atoms with Crippen LogP contribution in [0.25, 0.3) is 10.2 Å². The van der Waals surface area contributed by atoms with Crippen LogP contribution in [-0.4, -0.2) is 98.7 Å². The highest BCUT2D eigenvalue weighted by Gasteiger charge is 2.37. The van der Waals surface area contributed by atoms with E-state index in [2.05, 4.69) is 38.4 Å². The first-order valence-corrected chi connectivity index (χ1v) is 18.7. The van der Waals surface area contributed by atoms with Gasteiger partial charge in [-0.3, -0.25) is 4.90 Å². The van der Waals surface area contributed by atoms with E-state index in [9.17, 15) is 4.57 Å². The number of rotatable bonds is 7. The summed E-state index contributed by atoms with van der Waals surface area (Å²) in [5.41, 5.74) is 3.43. The molecule has 2 aromatic carbocycles. The Hall–Kier alpha value is -3.37. The average molecular weight is 634 g/mol. The highest BCUT2D eigenvalue weighted by atomic mass is 32.1. The molecule has 0 aliphatic carbocycles. The van der Waals surface area contributed by atoms with Crippen LogP contribution in [-0.2, 0) is 4.57 Å². The SMILES string of the molecule is COc1cc2c(cc1Nc1nc(Nc3ccccc3P(C)(C)=O)c3sccc3n1)OC[C@@H]1C[C@H](N3CCN(C)CC3)CCN21. The van der Waals surface area contributed by atoms with Crippen LogP contribution in [0.3, 0.4) is 0 Å². The molecule has 5 heterocycles. The number of ether oxygens (including phenoxy) is 2. The molecule has 2 atom stereocenters. The Morgan fingerprint density at radius 2 is 1.82 bits per heavy atom. The Morgan fingerprint density at radius 1 is 1.00 bits per heavy atom. The van der Waals surface area contributed by atoms with E-state index in [1.807, 2.05) is 41.8 Å². The lowest BCUT2D eigenvalue weighted by Crippen LogP contribution is -2.57. The Morgan fingerprint density at radius 3 is 2.61 bits per heavy atom. The second kappa shape index (κ2) is 11.9. The molecular weight excluding hydrogens is 593 g/mol. The molecule has 7 rings (SSSR count). The Kier molecular flexibility index (Phi) is 7.91. The predicted octanol–water partition coefficient (Wildman–Crippen LogP) is 5.41. The van der Waals surface area contributed by atoms with Gasteiger partial charge in [-0.05, 0) is 56.8 Å². The van der Waals surface area contributed by atoms with Gasteiger partial charge in [0.1, 0.15) is 25.2 Å². The molecule has 12 heteroatoms. The minimum Gasteiger partial charge on any atom is -0.494 e. The Labute approximate surface area is 262 Å².